The van der Waals surface area contributed by atoms with Crippen LogP contribution in [0.1, 0.15) is 17.4 Å². The van der Waals surface area contributed by atoms with E-state index in [9.17, 15) is 4.79 Å². The summed E-state index contributed by atoms with van der Waals surface area (Å²) in [6.07, 6.45) is 0. The van der Waals surface area contributed by atoms with E-state index in [4.69, 9.17) is 9.47 Å². The van der Waals surface area contributed by atoms with E-state index < -0.39 is 0 Å². The van der Waals surface area contributed by atoms with Gasteiger partial charge in [0.15, 0.2) is 0 Å². The Morgan fingerprint density at radius 1 is 1.25 bits per heavy atom. The first-order chi connectivity index (χ1) is 9.72. The second-order valence-electron chi connectivity index (χ2n) is 4.22. The highest BCUT2D eigenvalue weighted by atomic mass is 16.5. The Kier molecular flexibility index (Phi) is 7.60. The van der Waals surface area contributed by atoms with Crippen LogP contribution in [-0.4, -0.2) is 62.9 Å². The zero-order valence-electron chi connectivity index (χ0n) is 12.4. The van der Waals surface area contributed by atoms with Crippen molar-refractivity contribution >= 4 is 11.7 Å². The molecular formula is C14H23N3O3. The number of anilines is 1. The van der Waals surface area contributed by atoms with Gasteiger partial charge in [0.2, 0.25) is 0 Å². The van der Waals surface area contributed by atoms with E-state index in [1.165, 1.54) is 0 Å². The SMILES string of the molecule is CCNc1cccc(C(=O)N(CCOC)CCOC)n1. The molecule has 6 heteroatoms. The molecule has 0 atom stereocenters. The number of ether oxygens (including phenoxy) is 2. The van der Waals surface area contributed by atoms with Crippen LogP contribution in [0.3, 0.4) is 0 Å². The van der Waals surface area contributed by atoms with E-state index >= 15 is 0 Å². The first-order valence-corrected chi connectivity index (χ1v) is 6.71. The standard InChI is InChI=1S/C14H23N3O3/c1-4-15-13-7-5-6-12(16-13)14(18)17(8-10-19-2)9-11-20-3/h5-7H,4,8-11H2,1-3H3,(H,15,16). The molecule has 1 heterocycles. The van der Waals surface area contributed by atoms with Crippen LogP contribution in [0.4, 0.5) is 5.82 Å². The monoisotopic (exact) mass is 281 g/mol. The van der Waals surface area contributed by atoms with Crippen LogP contribution in [0, 0.1) is 0 Å². The molecule has 1 N–H and O–H groups in total. The number of methoxy groups -OCH3 is 2. The van der Waals surface area contributed by atoms with E-state index in [2.05, 4.69) is 10.3 Å². The molecule has 6 nitrogen and oxygen atoms in total. The Labute approximate surface area is 120 Å². The van der Waals surface area contributed by atoms with E-state index in [1.54, 1.807) is 25.2 Å². The van der Waals surface area contributed by atoms with Crippen LogP contribution < -0.4 is 5.32 Å². The molecule has 1 amide bonds. The van der Waals surface area contributed by atoms with Crippen LogP contribution in [0.5, 0.6) is 0 Å². The topological polar surface area (TPSA) is 63.7 Å². The van der Waals surface area contributed by atoms with Crippen molar-refractivity contribution in [3.05, 3.63) is 23.9 Å². The lowest BCUT2D eigenvalue weighted by Gasteiger charge is -2.21. The predicted octanol–water partition coefficient (Wildman–Crippen LogP) is 1.25. The highest BCUT2D eigenvalue weighted by Gasteiger charge is 2.16. The molecule has 0 aromatic carbocycles. The van der Waals surface area contributed by atoms with Crippen molar-refractivity contribution < 1.29 is 14.3 Å². The highest BCUT2D eigenvalue weighted by molar-refractivity contribution is 5.92. The van der Waals surface area contributed by atoms with Gasteiger partial charge in [0.25, 0.3) is 5.91 Å². The highest BCUT2D eigenvalue weighted by Crippen LogP contribution is 2.07. The van der Waals surface area contributed by atoms with E-state index in [1.807, 2.05) is 19.1 Å². The second kappa shape index (κ2) is 9.28. The molecule has 0 aliphatic rings. The Hall–Kier alpha value is -1.66. The second-order valence-corrected chi connectivity index (χ2v) is 4.22. The molecule has 0 fully saturated rings. The summed E-state index contributed by atoms with van der Waals surface area (Å²) >= 11 is 0. The third-order valence-electron chi connectivity index (χ3n) is 2.74. The fourth-order valence-electron chi connectivity index (χ4n) is 1.71. The van der Waals surface area contributed by atoms with Crippen LogP contribution >= 0.6 is 0 Å². The molecule has 0 aliphatic heterocycles. The van der Waals surface area contributed by atoms with Gasteiger partial charge in [-0.15, -0.1) is 0 Å². The van der Waals surface area contributed by atoms with Gasteiger partial charge in [0, 0.05) is 33.9 Å². The lowest BCUT2D eigenvalue weighted by molar-refractivity contribution is 0.0622. The summed E-state index contributed by atoms with van der Waals surface area (Å²) in [4.78, 5) is 18.4. The molecule has 0 bridgehead atoms. The average Bonchev–Trinajstić information content (AvgIpc) is 2.47. The maximum atomic E-state index is 12.4. The molecule has 1 aromatic rings. The van der Waals surface area contributed by atoms with Crippen LogP contribution in [0.2, 0.25) is 0 Å². The molecule has 112 valence electrons. The number of nitrogens with zero attached hydrogens (tertiary/aromatic N) is 2. The van der Waals surface area contributed by atoms with Crippen molar-refractivity contribution in [3.8, 4) is 0 Å². The zero-order valence-corrected chi connectivity index (χ0v) is 12.4. The number of rotatable bonds is 9. The number of amides is 1. The smallest absolute Gasteiger partial charge is 0.272 e. The number of carbonyl (C=O) groups is 1. The first kappa shape index (κ1) is 16.4. The van der Waals surface area contributed by atoms with Crippen molar-refractivity contribution in [2.24, 2.45) is 0 Å². The largest absolute Gasteiger partial charge is 0.383 e. The molecule has 0 saturated carbocycles. The van der Waals surface area contributed by atoms with Gasteiger partial charge in [-0.3, -0.25) is 4.79 Å². The minimum atomic E-state index is -0.112. The van der Waals surface area contributed by atoms with Gasteiger partial charge >= 0.3 is 0 Å². The molecule has 20 heavy (non-hydrogen) atoms. The third kappa shape index (κ3) is 5.14. The Morgan fingerprint density at radius 3 is 2.45 bits per heavy atom. The number of carbonyl (C=O) groups excluding carboxylic acids is 1. The molecular weight excluding hydrogens is 258 g/mol. The summed E-state index contributed by atoms with van der Waals surface area (Å²) < 4.78 is 10.1. The number of aromatic nitrogens is 1. The van der Waals surface area contributed by atoms with Gasteiger partial charge in [-0.2, -0.15) is 0 Å². The summed E-state index contributed by atoms with van der Waals surface area (Å²) in [6.45, 7) is 4.77. The van der Waals surface area contributed by atoms with Gasteiger partial charge in [0.1, 0.15) is 11.5 Å². The summed E-state index contributed by atoms with van der Waals surface area (Å²) in [5, 5.41) is 3.10. The average molecular weight is 281 g/mol. The number of hydrogen-bond acceptors (Lipinski definition) is 5. The Balaban J connectivity index is 2.78. The van der Waals surface area contributed by atoms with Gasteiger partial charge in [-0.25, -0.2) is 4.98 Å². The summed E-state index contributed by atoms with van der Waals surface area (Å²) in [5.74, 6) is 0.593. The molecule has 0 radical (unpaired) electrons. The molecule has 0 aliphatic carbocycles. The summed E-state index contributed by atoms with van der Waals surface area (Å²) in [7, 11) is 3.23. The molecule has 0 saturated heterocycles. The predicted molar refractivity (Wildman–Crippen MR) is 78.1 cm³/mol. The molecule has 1 aromatic heterocycles. The van der Waals surface area contributed by atoms with E-state index in [0.29, 0.717) is 37.8 Å². The summed E-state index contributed by atoms with van der Waals surface area (Å²) in [6, 6.07) is 5.38. The van der Waals surface area contributed by atoms with Gasteiger partial charge in [-0.1, -0.05) is 6.07 Å². The number of nitrogens with one attached hydrogen (secondary N) is 1. The van der Waals surface area contributed by atoms with Crippen molar-refractivity contribution in [2.75, 3.05) is 52.4 Å². The molecule has 1 rings (SSSR count). The fraction of sp³-hybridized carbons (Fsp3) is 0.571. The lowest BCUT2D eigenvalue weighted by atomic mass is 10.3. The van der Waals surface area contributed by atoms with E-state index in [-0.39, 0.29) is 5.91 Å². The maximum absolute atomic E-state index is 12.4. The molecule has 0 unspecified atom stereocenters. The van der Waals surface area contributed by atoms with Crippen molar-refractivity contribution in [1.82, 2.24) is 9.88 Å². The lowest BCUT2D eigenvalue weighted by Crippen LogP contribution is -2.37. The van der Waals surface area contributed by atoms with Gasteiger partial charge < -0.3 is 19.7 Å². The van der Waals surface area contributed by atoms with Crippen LogP contribution in [-0.2, 0) is 9.47 Å². The van der Waals surface area contributed by atoms with Gasteiger partial charge in [-0.05, 0) is 19.1 Å². The first-order valence-electron chi connectivity index (χ1n) is 6.71. The third-order valence-corrected chi connectivity index (χ3v) is 2.74. The minimum Gasteiger partial charge on any atom is -0.383 e. The number of pyridine rings is 1. The quantitative estimate of drug-likeness (QED) is 0.738. The fourth-order valence-corrected chi connectivity index (χ4v) is 1.71. The van der Waals surface area contributed by atoms with Crippen molar-refractivity contribution in [1.29, 1.82) is 0 Å². The molecule has 0 spiro atoms. The number of hydrogen-bond donors (Lipinski definition) is 1. The van der Waals surface area contributed by atoms with Crippen molar-refractivity contribution in [3.63, 3.8) is 0 Å². The Morgan fingerprint density at radius 2 is 1.90 bits per heavy atom. The Bertz CT molecular complexity index is 404. The van der Waals surface area contributed by atoms with Crippen molar-refractivity contribution in [2.45, 2.75) is 6.92 Å². The van der Waals surface area contributed by atoms with Crippen LogP contribution in [0.25, 0.3) is 0 Å². The van der Waals surface area contributed by atoms with E-state index in [0.717, 1.165) is 6.54 Å². The summed E-state index contributed by atoms with van der Waals surface area (Å²) in [5.41, 5.74) is 0.427. The van der Waals surface area contributed by atoms with Crippen LogP contribution in [0.15, 0.2) is 18.2 Å². The normalized spacial score (nSPS) is 10.3. The minimum absolute atomic E-state index is 0.112. The maximum Gasteiger partial charge on any atom is 0.272 e. The van der Waals surface area contributed by atoms with Gasteiger partial charge in [0.05, 0.1) is 13.2 Å². The zero-order chi connectivity index (χ0) is 14.8.